The van der Waals surface area contributed by atoms with E-state index in [2.05, 4.69) is 47.1 Å². The van der Waals surface area contributed by atoms with Crippen molar-refractivity contribution in [3.63, 3.8) is 0 Å². The molecular weight excluding hydrogens is 252 g/mol. The number of para-hydroxylation sites is 1. The summed E-state index contributed by atoms with van der Waals surface area (Å²) in [6.45, 7) is 0. The molecule has 3 rings (SSSR count). The van der Waals surface area contributed by atoms with Crippen LogP contribution in [0.4, 0.5) is 5.69 Å². The van der Waals surface area contributed by atoms with Gasteiger partial charge in [-0.15, -0.1) is 11.3 Å². The van der Waals surface area contributed by atoms with Crippen LogP contribution in [0.3, 0.4) is 0 Å². The van der Waals surface area contributed by atoms with Crippen molar-refractivity contribution < 1.29 is 0 Å². The summed E-state index contributed by atoms with van der Waals surface area (Å²) in [5, 5.41) is 5.84. The number of anilines is 1. The van der Waals surface area contributed by atoms with Gasteiger partial charge >= 0.3 is 0 Å². The first-order chi connectivity index (χ1) is 9.33. The molecule has 1 aromatic heterocycles. The van der Waals surface area contributed by atoms with Crippen molar-refractivity contribution in [3.05, 3.63) is 41.8 Å². The van der Waals surface area contributed by atoms with Crippen molar-refractivity contribution >= 4 is 17.0 Å². The van der Waals surface area contributed by atoms with Crippen molar-refractivity contribution in [1.29, 1.82) is 0 Å². The molecule has 1 aliphatic carbocycles. The van der Waals surface area contributed by atoms with Gasteiger partial charge in [-0.1, -0.05) is 24.3 Å². The van der Waals surface area contributed by atoms with Gasteiger partial charge in [-0.25, -0.2) is 0 Å². The zero-order valence-electron chi connectivity index (χ0n) is 11.0. The molecular formula is C16H20N2S. The monoisotopic (exact) mass is 272 g/mol. The zero-order valence-corrected chi connectivity index (χ0v) is 11.8. The quantitative estimate of drug-likeness (QED) is 0.883. The molecule has 0 spiro atoms. The SMILES string of the molecule is NC1CCC(Nc2ccccc2-c2cccs2)CC1. The van der Waals surface area contributed by atoms with Gasteiger partial charge in [0.05, 0.1) is 0 Å². The molecule has 100 valence electrons. The van der Waals surface area contributed by atoms with Crippen molar-refractivity contribution in [1.82, 2.24) is 0 Å². The first-order valence-electron chi connectivity index (χ1n) is 6.98. The maximum Gasteiger partial charge on any atom is 0.0430 e. The average Bonchev–Trinajstić information content (AvgIpc) is 2.96. The van der Waals surface area contributed by atoms with Gasteiger partial charge in [0.15, 0.2) is 0 Å². The molecule has 2 nitrogen and oxygen atoms in total. The molecule has 3 N–H and O–H groups in total. The van der Waals surface area contributed by atoms with Crippen molar-refractivity contribution in [2.75, 3.05) is 5.32 Å². The molecule has 1 heterocycles. The Morgan fingerprint density at radius 1 is 1.00 bits per heavy atom. The highest BCUT2D eigenvalue weighted by Crippen LogP contribution is 2.33. The summed E-state index contributed by atoms with van der Waals surface area (Å²) in [6.07, 6.45) is 4.64. The Bertz CT molecular complexity index is 513. The highest BCUT2D eigenvalue weighted by molar-refractivity contribution is 7.13. The number of nitrogens with one attached hydrogen (secondary N) is 1. The minimum atomic E-state index is 0.408. The molecule has 0 aliphatic heterocycles. The first kappa shape index (κ1) is 12.7. The Morgan fingerprint density at radius 2 is 1.79 bits per heavy atom. The highest BCUT2D eigenvalue weighted by atomic mass is 32.1. The van der Waals surface area contributed by atoms with E-state index in [9.17, 15) is 0 Å². The largest absolute Gasteiger partial charge is 0.382 e. The van der Waals surface area contributed by atoms with E-state index in [1.807, 2.05) is 0 Å². The zero-order chi connectivity index (χ0) is 13.1. The minimum absolute atomic E-state index is 0.408. The summed E-state index contributed by atoms with van der Waals surface area (Å²) < 4.78 is 0. The van der Waals surface area contributed by atoms with Crippen LogP contribution in [-0.2, 0) is 0 Å². The summed E-state index contributed by atoms with van der Waals surface area (Å²) in [7, 11) is 0. The lowest BCUT2D eigenvalue weighted by Gasteiger charge is -2.28. The molecule has 3 heteroatoms. The molecule has 0 amide bonds. The molecule has 0 radical (unpaired) electrons. The smallest absolute Gasteiger partial charge is 0.0430 e. The van der Waals surface area contributed by atoms with Gasteiger partial charge in [0.2, 0.25) is 0 Å². The van der Waals surface area contributed by atoms with Crippen LogP contribution in [0.2, 0.25) is 0 Å². The van der Waals surface area contributed by atoms with Crippen molar-refractivity contribution in [2.24, 2.45) is 5.73 Å². The maximum atomic E-state index is 5.97. The van der Waals surface area contributed by atoms with Gasteiger partial charge < -0.3 is 11.1 Å². The minimum Gasteiger partial charge on any atom is -0.382 e. The van der Waals surface area contributed by atoms with Crippen LogP contribution in [0.15, 0.2) is 41.8 Å². The van der Waals surface area contributed by atoms with Crippen LogP contribution in [0.25, 0.3) is 10.4 Å². The van der Waals surface area contributed by atoms with Crippen molar-refractivity contribution in [2.45, 2.75) is 37.8 Å². The lowest BCUT2D eigenvalue weighted by Crippen LogP contribution is -2.32. The fourth-order valence-corrected chi connectivity index (χ4v) is 3.50. The van der Waals surface area contributed by atoms with Gasteiger partial charge in [0.25, 0.3) is 0 Å². The van der Waals surface area contributed by atoms with E-state index in [-0.39, 0.29) is 0 Å². The Hall–Kier alpha value is -1.32. The van der Waals surface area contributed by atoms with Crippen LogP contribution >= 0.6 is 11.3 Å². The predicted octanol–water partition coefficient (Wildman–Crippen LogP) is 4.10. The fourth-order valence-electron chi connectivity index (χ4n) is 2.74. The van der Waals surface area contributed by atoms with E-state index in [1.165, 1.54) is 29.0 Å². The second-order valence-electron chi connectivity index (χ2n) is 5.28. The van der Waals surface area contributed by atoms with Gasteiger partial charge in [0, 0.05) is 28.2 Å². The molecule has 1 saturated carbocycles. The summed E-state index contributed by atoms with van der Waals surface area (Å²) in [5.41, 5.74) is 8.54. The van der Waals surface area contributed by atoms with Crippen LogP contribution in [0, 0.1) is 0 Å². The Balaban J connectivity index is 1.78. The van der Waals surface area contributed by atoms with Gasteiger partial charge in [-0.05, 0) is 43.2 Å². The molecule has 0 saturated heterocycles. The highest BCUT2D eigenvalue weighted by Gasteiger charge is 2.19. The predicted molar refractivity (Wildman–Crippen MR) is 83.6 cm³/mol. The average molecular weight is 272 g/mol. The molecule has 2 aromatic rings. The van der Waals surface area contributed by atoms with Crippen LogP contribution in [0.1, 0.15) is 25.7 Å². The van der Waals surface area contributed by atoms with Crippen LogP contribution in [-0.4, -0.2) is 12.1 Å². The van der Waals surface area contributed by atoms with E-state index in [0.717, 1.165) is 12.8 Å². The number of benzene rings is 1. The topological polar surface area (TPSA) is 38.0 Å². The normalized spacial score (nSPS) is 23.2. The standard InChI is InChI=1S/C16H20N2S/c17-12-7-9-13(10-8-12)18-15-5-2-1-4-14(15)16-6-3-11-19-16/h1-6,11-13,18H,7-10,17H2. The van der Waals surface area contributed by atoms with Gasteiger partial charge in [0.1, 0.15) is 0 Å². The second-order valence-corrected chi connectivity index (χ2v) is 6.23. The summed E-state index contributed by atoms with van der Waals surface area (Å²) in [6, 6.07) is 13.9. The summed E-state index contributed by atoms with van der Waals surface area (Å²) >= 11 is 1.79. The molecule has 1 fully saturated rings. The lowest BCUT2D eigenvalue weighted by atomic mass is 9.91. The third-order valence-electron chi connectivity index (χ3n) is 3.85. The van der Waals surface area contributed by atoms with E-state index in [1.54, 1.807) is 11.3 Å². The number of rotatable bonds is 3. The Kier molecular flexibility index (Phi) is 3.85. The molecule has 0 atom stereocenters. The molecule has 1 aliphatic rings. The molecule has 0 bridgehead atoms. The van der Waals surface area contributed by atoms with Crippen LogP contribution < -0.4 is 11.1 Å². The maximum absolute atomic E-state index is 5.97. The van der Waals surface area contributed by atoms with Gasteiger partial charge in [-0.2, -0.15) is 0 Å². The Labute approximate surface area is 118 Å². The van der Waals surface area contributed by atoms with E-state index in [4.69, 9.17) is 5.73 Å². The first-order valence-corrected chi connectivity index (χ1v) is 7.86. The number of thiophene rings is 1. The Morgan fingerprint density at radius 3 is 2.53 bits per heavy atom. The van der Waals surface area contributed by atoms with E-state index in [0.29, 0.717) is 12.1 Å². The third kappa shape index (κ3) is 2.99. The third-order valence-corrected chi connectivity index (χ3v) is 4.75. The van der Waals surface area contributed by atoms with Crippen molar-refractivity contribution in [3.8, 4) is 10.4 Å². The second kappa shape index (κ2) is 5.76. The van der Waals surface area contributed by atoms with E-state index >= 15 is 0 Å². The number of hydrogen-bond acceptors (Lipinski definition) is 3. The fraction of sp³-hybridized carbons (Fsp3) is 0.375. The van der Waals surface area contributed by atoms with Gasteiger partial charge in [-0.3, -0.25) is 0 Å². The summed E-state index contributed by atoms with van der Waals surface area (Å²) in [4.78, 5) is 1.33. The summed E-state index contributed by atoms with van der Waals surface area (Å²) in [5.74, 6) is 0. The lowest BCUT2D eigenvalue weighted by molar-refractivity contribution is 0.411. The molecule has 0 unspecified atom stereocenters. The number of hydrogen-bond donors (Lipinski definition) is 2. The molecule has 19 heavy (non-hydrogen) atoms. The number of nitrogens with two attached hydrogens (primary N) is 1. The van der Waals surface area contributed by atoms with E-state index < -0.39 is 0 Å². The molecule has 1 aromatic carbocycles. The van der Waals surface area contributed by atoms with Crippen LogP contribution in [0.5, 0.6) is 0 Å².